The highest BCUT2D eigenvalue weighted by Gasteiger charge is 2.44. The van der Waals surface area contributed by atoms with E-state index in [1.54, 1.807) is 40.9 Å². The van der Waals surface area contributed by atoms with E-state index in [2.05, 4.69) is 17.5 Å². The Kier molecular flexibility index (Phi) is 8.61. The molecule has 1 N–H and O–H groups in total. The van der Waals surface area contributed by atoms with Crippen LogP contribution < -0.4 is 5.32 Å². The van der Waals surface area contributed by atoms with Crippen LogP contribution >= 0.6 is 11.8 Å². The van der Waals surface area contributed by atoms with Gasteiger partial charge in [-0.3, -0.25) is 9.69 Å². The number of carbonyl (C=O) groups is 2. The van der Waals surface area contributed by atoms with Crippen LogP contribution in [0.25, 0.3) is 0 Å². The maximum absolute atomic E-state index is 13.4. The molecule has 3 atom stereocenters. The van der Waals surface area contributed by atoms with Crippen LogP contribution in [0.15, 0.2) is 48.5 Å². The molecule has 0 spiro atoms. The zero-order valence-electron chi connectivity index (χ0n) is 22.0. The predicted molar refractivity (Wildman–Crippen MR) is 146 cm³/mol. The van der Waals surface area contributed by atoms with Crippen LogP contribution in [0.5, 0.6) is 0 Å². The smallest absolute Gasteiger partial charge is 0.411 e. The minimum Gasteiger partial charge on any atom is -0.444 e. The number of nitriles is 2. The molecule has 0 bridgehead atoms. The van der Waals surface area contributed by atoms with Gasteiger partial charge in [0.05, 0.1) is 29.1 Å². The summed E-state index contributed by atoms with van der Waals surface area (Å²) in [5, 5.41) is 22.1. The zero-order chi connectivity index (χ0) is 27.3. The van der Waals surface area contributed by atoms with Gasteiger partial charge in [0, 0.05) is 30.9 Å². The van der Waals surface area contributed by atoms with Gasteiger partial charge in [-0.15, -0.1) is 11.8 Å². The molecule has 4 rings (SSSR count). The van der Waals surface area contributed by atoms with Crippen molar-refractivity contribution in [1.82, 2.24) is 15.1 Å². The molecule has 2 aromatic carbocycles. The lowest BCUT2D eigenvalue weighted by molar-refractivity contribution is -0.134. The number of thioether (sulfide) groups is 1. The average molecular weight is 532 g/mol. The first-order chi connectivity index (χ1) is 18.2. The van der Waals surface area contributed by atoms with Gasteiger partial charge in [-0.2, -0.15) is 10.5 Å². The fraction of sp³-hybridized carbons (Fsp3) is 0.448. The molecule has 0 aliphatic carbocycles. The first-order valence-corrected chi connectivity index (χ1v) is 13.9. The van der Waals surface area contributed by atoms with Crippen molar-refractivity contribution >= 4 is 23.8 Å². The molecule has 2 aliphatic rings. The van der Waals surface area contributed by atoms with E-state index in [1.165, 1.54) is 0 Å². The van der Waals surface area contributed by atoms with Crippen LogP contribution in [-0.4, -0.2) is 64.2 Å². The van der Waals surface area contributed by atoms with Crippen LogP contribution in [0.4, 0.5) is 4.79 Å². The maximum Gasteiger partial charge on any atom is 0.411 e. The Morgan fingerprint density at radius 1 is 1.08 bits per heavy atom. The van der Waals surface area contributed by atoms with E-state index in [4.69, 9.17) is 10.00 Å². The Labute approximate surface area is 228 Å². The first kappa shape index (κ1) is 27.5. The number of benzene rings is 2. The zero-order valence-corrected chi connectivity index (χ0v) is 22.8. The Bertz CT molecular complexity index is 1220. The summed E-state index contributed by atoms with van der Waals surface area (Å²) in [5.74, 6) is 1.51. The molecule has 38 heavy (non-hydrogen) atoms. The highest BCUT2D eigenvalue weighted by molar-refractivity contribution is 7.99. The van der Waals surface area contributed by atoms with Crippen molar-refractivity contribution in [2.45, 2.75) is 57.3 Å². The van der Waals surface area contributed by atoms with Crippen molar-refractivity contribution in [3.8, 4) is 12.1 Å². The standard InChI is InChI=1S/C29H33N5O3S/c1-29(2,3)37-28(36)34-18-24(15-26(34)27(35)33-12-13-38-19-33)32-25(23-10-8-22(17-31)9-11-23)14-20-4-6-21(16-30)7-5-20/h4-11,24-26,32H,12-15,18-19H2,1-3H3/t24-,25?,26-/m0/s1. The molecule has 8 nitrogen and oxygen atoms in total. The molecule has 9 heteroatoms. The molecule has 198 valence electrons. The molecule has 0 saturated carbocycles. The second-order valence-corrected chi connectivity index (χ2v) is 11.8. The van der Waals surface area contributed by atoms with Gasteiger partial charge in [0.25, 0.3) is 0 Å². The number of hydrogen-bond donors (Lipinski definition) is 1. The Balaban J connectivity index is 1.57. The van der Waals surface area contributed by atoms with E-state index in [0.29, 0.717) is 42.9 Å². The fourth-order valence-corrected chi connectivity index (χ4v) is 5.77. The number of carbonyl (C=O) groups excluding carboxylic acids is 2. The lowest BCUT2D eigenvalue weighted by Crippen LogP contribution is -2.48. The predicted octanol–water partition coefficient (Wildman–Crippen LogP) is 4.21. The maximum atomic E-state index is 13.4. The summed E-state index contributed by atoms with van der Waals surface area (Å²) in [6.07, 6.45) is 0.649. The van der Waals surface area contributed by atoms with E-state index in [1.807, 2.05) is 49.9 Å². The molecule has 0 radical (unpaired) electrons. The lowest BCUT2D eigenvalue weighted by atomic mass is 9.96. The van der Waals surface area contributed by atoms with E-state index in [-0.39, 0.29) is 18.0 Å². The number of amides is 2. The van der Waals surface area contributed by atoms with Crippen molar-refractivity contribution in [1.29, 1.82) is 10.5 Å². The Hall–Kier alpha value is -3.53. The van der Waals surface area contributed by atoms with Gasteiger partial charge in [0.15, 0.2) is 0 Å². The number of nitrogens with one attached hydrogen (secondary N) is 1. The highest BCUT2D eigenvalue weighted by atomic mass is 32.2. The normalized spacial score (nSPS) is 20.0. The van der Waals surface area contributed by atoms with E-state index in [9.17, 15) is 14.9 Å². The molecular weight excluding hydrogens is 498 g/mol. The Morgan fingerprint density at radius 3 is 2.26 bits per heavy atom. The Morgan fingerprint density at radius 2 is 1.71 bits per heavy atom. The summed E-state index contributed by atoms with van der Waals surface area (Å²) in [7, 11) is 0. The summed E-state index contributed by atoms with van der Waals surface area (Å²) >= 11 is 1.72. The monoisotopic (exact) mass is 531 g/mol. The highest BCUT2D eigenvalue weighted by Crippen LogP contribution is 2.28. The fourth-order valence-electron chi connectivity index (χ4n) is 4.81. The molecule has 2 fully saturated rings. The SMILES string of the molecule is CC(C)(C)OC(=O)N1C[C@@H](NC(Cc2ccc(C#N)cc2)c2ccc(C#N)cc2)C[C@H]1C(=O)N1CCSC1. The van der Waals surface area contributed by atoms with Gasteiger partial charge < -0.3 is 15.0 Å². The molecule has 0 aromatic heterocycles. The molecule has 2 aromatic rings. The number of nitrogens with zero attached hydrogens (tertiary/aromatic N) is 4. The summed E-state index contributed by atoms with van der Waals surface area (Å²) in [5.41, 5.74) is 2.57. The van der Waals surface area contributed by atoms with Crippen molar-refractivity contribution in [3.05, 3.63) is 70.8 Å². The van der Waals surface area contributed by atoms with Gasteiger partial charge in [-0.05, 0) is 69.0 Å². The van der Waals surface area contributed by atoms with Crippen LogP contribution in [0.2, 0.25) is 0 Å². The van der Waals surface area contributed by atoms with E-state index >= 15 is 0 Å². The number of rotatable bonds is 6. The van der Waals surface area contributed by atoms with Crippen LogP contribution in [0.1, 0.15) is 55.5 Å². The molecule has 2 saturated heterocycles. The topological polar surface area (TPSA) is 109 Å². The largest absolute Gasteiger partial charge is 0.444 e. The number of hydrogen-bond acceptors (Lipinski definition) is 7. The van der Waals surface area contributed by atoms with Crippen molar-refractivity contribution in [2.24, 2.45) is 0 Å². The number of ether oxygens (including phenoxy) is 1. The minimum absolute atomic E-state index is 0.0350. The van der Waals surface area contributed by atoms with E-state index < -0.39 is 17.7 Å². The summed E-state index contributed by atoms with van der Waals surface area (Å²) in [4.78, 5) is 30.0. The third-order valence-corrected chi connectivity index (χ3v) is 7.65. The second kappa shape index (κ2) is 11.9. The van der Waals surface area contributed by atoms with Crippen molar-refractivity contribution in [2.75, 3.05) is 24.7 Å². The van der Waals surface area contributed by atoms with Gasteiger partial charge in [0.1, 0.15) is 11.6 Å². The lowest BCUT2D eigenvalue weighted by Gasteiger charge is -2.29. The summed E-state index contributed by atoms with van der Waals surface area (Å²) in [6, 6.07) is 18.4. The number of likely N-dealkylation sites (tertiary alicyclic amines) is 1. The molecule has 1 unspecified atom stereocenters. The van der Waals surface area contributed by atoms with Crippen molar-refractivity contribution < 1.29 is 14.3 Å². The van der Waals surface area contributed by atoms with E-state index in [0.717, 1.165) is 16.9 Å². The average Bonchev–Trinajstić information content (AvgIpc) is 3.58. The molecule has 2 heterocycles. The second-order valence-electron chi connectivity index (χ2n) is 10.7. The third-order valence-electron chi connectivity index (χ3n) is 6.68. The van der Waals surface area contributed by atoms with Crippen molar-refractivity contribution in [3.63, 3.8) is 0 Å². The van der Waals surface area contributed by atoms with Crippen LogP contribution in [0, 0.1) is 22.7 Å². The summed E-state index contributed by atoms with van der Waals surface area (Å²) < 4.78 is 5.67. The van der Waals surface area contributed by atoms with Gasteiger partial charge >= 0.3 is 6.09 Å². The van der Waals surface area contributed by atoms with Gasteiger partial charge in [0.2, 0.25) is 5.91 Å². The van der Waals surface area contributed by atoms with Gasteiger partial charge in [-0.1, -0.05) is 24.3 Å². The summed E-state index contributed by atoms with van der Waals surface area (Å²) in [6.45, 7) is 6.51. The third kappa shape index (κ3) is 6.86. The minimum atomic E-state index is -0.666. The van der Waals surface area contributed by atoms with Gasteiger partial charge in [-0.25, -0.2) is 4.79 Å². The molecular formula is C29H33N5O3S. The quantitative estimate of drug-likeness (QED) is 0.595. The molecule has 2 amide bonds. The molecule has 2 aliphatic heterocycles. The van der Waals surface area contributed by atoms with Crippen LogP contribution in [-0.2, 0) is 16.0 Å². The first-order valence-electron chi connectivity index (χ1n) is 12.8. The van der Waals surface area contributed by atoms with Crippen LogP contribution in [0.3, 0.4) is 0 Å².